The van der Waals surface area contributed by atoms with Crippen LogP contribution in [0.1, 0.15) is 16.1 Å². The molecule has 0 aliphatic carbocycles. The molecule has 0 aliphatic heterocycles. The Hall–Kier alpha value is -1.57. The van der Waals surface area contributed by atoms with Gasteiger partial charge < -0.3 is 4.42 Å². The Bertz CT molecular complexity index is 426. The first-order chi connectivity index (χ1) is 5.83. The highest BCUT2D eigenvalue weighted by atomic mass is 16.3. The third kappa shape index (κ3) is 0.848. The molecular weight excluding hydrogens is 152 g/mol. The lowest BCUT2D eigenvalue weighted by atomic mass is 10.1. The van der Waals surface area contributed by atoms with Gasteiger partial charge in [0.2, 0.25) is 0 Å². The molecule has 0 radical (unpaired) electrons. The highest BCUT2D eigenvalue weighted by Gasteiger charge is 2.05. The summed E-state index contributed by atoms with van der Waals surface area (Å²) in [6.07, 6.45) is 2.35. The molecule has 2 heteroatoms. The molecule has 12 heavy (non-hydrogen) atoms. The smallest absolute Gasteiger partial charge is 0.185 e. The minimum Gasteiger partial charge on any atom is -0.460 e. The molecule has 1 aromatic heterocycles. The van der Waals surface area contributed by atoms with Crippen molar-refractivity contribution in [2.45, 2.75) is 6.92 Å². The Morgan fingerprint density at radius 1 is 1.42 bits per heavy atom. The van der Waals surface area contributed by atoms with Crippen molar-refractivity contribution in [3.8, 4) is 0 Å². The Morgan fingerprint density at radius 3 is 3.00 bits per heavy atom. The number of aryl methyl sites for hydroxylation is 1. The highest BCUT2D eigenvalue weighted by molar-refractivity contribution is 5.97. The summed E-state index contributed by atoms with van der Waals surface area (Å²) in [7, 11) is 0. The molecule has 0 atom stereocenters. The van der Waals surface area contributed by atoms with E-state index in [1.165, 1.54) is 0 Å². The quantitative estimate of drug-likeness (QED) is 0.600. The third-order valence-electron chi connectivity index (χ3n) is 1.97. The SMILES string of the molecule is Cc1cccc2coc(C=O)c12. The molecule has 2 rings (SSSR count). The van der Waals surface area contributed by atoms with Crippen LogP contribution in [-0.4, -0.2) is 6.29 Å². The van der Waals surface area contributed by atoms with Crippen molar-refractivity contribution in [2.75, 3.05) is 0 Å². The summed E-state index contributed by atoms with van der Waals surface area (Å²) in [6, 6.07) is 5.84. The lowest BCUT2D eigenvalue weighted by Gasteiger charge is -1.93. The molecule has 0 unspecified atom stereocenters. The molecule has 0 saturated carbocycles. The molecular formula is C10H8O2. The molecule has 0 amide bonds. The standard InChI is InChI=1S/C10H8O2/c1-7-3-2-4-8-6-12-9(5-11)10(7)8/h2-6H,1H3. The molecule has 2 nitrogen and oxygen atoms in total. The summed E-state index contributed by atoms with van der Waals surface area (Å²) >= 11 is 0. The second-order valence-corrected chi connectivity index (χ2v) is 2.76. The minimum absolute atomic E-state index is 0.420. The number of carbonyl (C=O) groups is 1. The first-order valence-corrected chi connectivity index (χ1v) is 3.75. The Morgan fingerprint density at radius 2 is 2.25 bits per heavy atom. The number of rotatable bonds is 1. The first-order valence-electron chi connectivity index (χ1n) is 3.75. The number of carbonyl (C=O) groups excluding carboxylic acids is 1. The maximum atomic E-state index is 10.5. The summed E-state index contributed by atoms with van der Waals surface area (Å²) in [4.78, 5) is 10.5. The lowest BCUT2D eigenvalue weighted by molar-refractivity contribution is 0.110. The normalized spacial score (nSPS) is 10.4. The predicted molar refractivity (Wildman–Crippen MR) is 46.3 cm³/mol. The van der Waals surface area contributed by atoms with Gasteiger partial charge in [-0.1, -0.05) is 18.2 Å². The molecule has 0 N–H and O–H groups in total. The average Bonchev–Trinajstić information content (AvgIpc) is 2.49. The molecule has 0 aliphatic rings. The van der Waals surface area contributed by atoms with Gasteiger partial charge in [0, 0.05) is 10.8 Å². The van der Waals surface area contributed by atoms with Crippen LogP contribution in [0.25, 0.3) is 10.8 Å². The van der Waals surface area contributed by atoms with E-state index in [-0.39, 0.29) is 0 Å². The van der Waals surface area contributed by atoms with Gasteiger partial charge in [0.15, 0.2) is 12.0 Å². The van der Waals surface area contributed by atoms with Crippen LogP contribution < -0.4 is 0 Å². The zero-order chi connectivity index (χ0) is 8.55. The fourth-order valence-corrected chi connectivity index (χ4v) is 1.40. The van der Waals surface area contributed by atoms with Crippen molar-refractivity contribution in [2.24, 2.45) is 0 Å². The van der Waals surface area contributed by atoms with Crippen LogP contribution in [0.2, 0.25) is 0 Å². The van der Waals surface area contributed by atoms with Crippen LogP contribution in [0, 0.1) is 6.92 Å². The summed E-state index contributed by atoms with van der Waals surface area (Å²) in [6.45, 7) is 1.96. The molecule has 1 heterocycles. The molecule has 0 bridgehead atoms. The molecule has 0 saturated heterocycles. The predicted octanol–water partition coefficient (Wildman–Crippen LogP) is 2.55. The number of hydrogen-bond acceptors (Lipinski definition) is 2. The topological polar surface area (TPSA) is 30.2 Å². The minimum atomic E-state index is 0.420. The lowest BCUT2D eigenvalue weighted by Crippen LogP contribution is -1.78. The van der Waals surface area contributed by atoms with Crippen molar-refractivity contribution in [3.63, 3.8) is 0 Å². The van der Waals surface area contributed by atoms with Gasteiger partial charge in [0.05, 0.1) is 6.26 Å². The molecule has 0 fully saturated rings. The van der Waals surface area contributed by atoms with Crippen molar-refractivity contribution in [1.29, 1.82) is 0 Å². The Kier molecular flexibility index (Phi) is 1.47. The van der Waals surface area contributed by atoms with E-state index in [1.807, 2.05) is 25.1 Å². The monoisotopic (exact) mass is 160 g/mol. The van der Waals surface area contributed by atoms with Gasteiger partial charge in [-0.05, 0) is 12.5 Å². The van der Waals surface area contributed by atoms with E-state index in [0.717, 1.165) is 22.6 Å². The van der Waals surface area contributed by atoms with Crippen molar-refractivity contribution >= 4 is 17.1 Å². The van der Waals surface area contributed by atoms with Gasteiger partial charge in [-0.2, -0.15) is 0 Å². The van der Waals surface area contributed by atoms with Crippen LogP contribution in [0.5, 0.6) is 0 Å². The van der Waals surface area contributed by atoms with Crippen LogP contribution in [0.15, 0.2) is 28.9 Å². The second kappa shape index (κ2) is 2.48. The largest absolute Gasteiger partial charge is 0.460 e. The third-order valence-corrected chi connectivity index (χ3v) is 1.97. The zero-order valence-corrected chi connectivity index (χ0v) is 6.70. The summed E-state index contributed by atoms with van der Waals surface area (Å²) in [5, 5.41) is 1.91. The van der Waals surface area contributed by atoms with Crippen LogP contribution in [0.4, 0.5) is 0 Å². The number of fused-ring (bicyclic) bond motifs is 1. The molecule has 0 spiro atoms. The van der Waals surface area contributed by atoms with Gasteiger partial charge in [-0.15, -0.1) is 0 Å². The summed E-state index contributed by atoms with van der Waals surface area (Å²) in [5.41, 5.74) is 1.07. The Balaban J connectivity index is 2.91. The second-order valence-electron chi connectivity index (χ2n) is 2.76. The van der Waals surface area contributed by atoms with Crippen LogP contribution in [-0.2, 0) is 0 Å². The first kappa shape index (κ1) is 7.10. The average molecular weight is 160 g/mol. The number of aldehydes is 1. The van der Waals surface area contributed by atoms with E-state index in [0.29, 0.717) is 5.76 Å². The van der Waals surface area contributed by atoms with E-state index in [2.05, 4.69) is 0 Å². The maximum Gasteiger partial charge on any atom is 0.185 e. The van der Waals surface area contributed by atoms with E-state index < -0.39 is 0 Å². The van der Waals surface area contributed by atoms with Crippen LogP contribution >= 0.6 is 0 Å². The van der Waals surface area contributed by atoms with Crippen molar-refractivity contribution in [3.05, 3.63) is 35.8 Å². The van der Waals surface area contributed by atoms with Gasteiger partial charge in [-0.3, -0.25) is 4.79 Å². The molecule has 2 aromatic rings. The number of benzene rings is 1. The highest BCUT2D eigenvalue weighted by Crippen LogP contribution is 2.22. The number of hydrogen-bond donors (Lipinski definition) is 0. The van der Waals surface area contributed by atoms with E-state index in [9.17, 15) is 4.79 Å². The van der Waals surface area contributed by atoms with Crippen molar-refractivity contribution in [1.82, 2.24) is 0 Å². The van der Waals surface area contributed by atoms with E-state index in [4.69, 9.17) is 4.42 Å². The summed E-state index contributed by atoms with van der Waals surface area (Å²) in [5.74, 6) is 0.420. The fraction of sp³-hybridized carbons (Fsp3) is 0.100. The van der Waals surface area contributed by atoms with Crippen molar-refractivity contribution < 1.29 is 9.21 Å². The maximum absolute atomic E-state index is 10.5. The molecule has 60 valence electrons. The van der Waals surface area contributed by atoms with Gasteiger partial charge in [-0.25, -0.2) is 0 Å². The van der Waals surface area contributed by atoms with Gasteiger partial charge in [0.25, 0.3) is 0 Å². The van der Waals surface area contributed by atoms with Gasteiger partial charge >= 0.3 is 0 Å². The number of furan rings is 1. The van der Waals surface area contributed by atoms with Crippen LogP contribution in [0.3, 0.4) is 0 Å². The molecule has 1 aromatic carbocycles. The van der Waals surface area contributed by atoms with Gasteiger partial charge in [0.1, 0.15) is 0 Å². The van der Waals surface area contributed by atoms with E-state index >= 15 is 0 Å². The fourth-order valence-electron chi connectivity index (χ4n) is 1.40. The zero-order valence-electron chi connectivity index (χ0n) is 6.70. The summed E-state index contributed by atoms with van der Waals surface area (Å²) < 4.78 is 5.08. The Labute approximate surface area is 69.8 Å². The van der Waals surface area contributed by atoms with E-state index in [1.54, 1.807) is 6.26 Å².